The summed E-state index contributed by atoms with van der Waals surface area (Å²) in [6.45, 7) is 3.85. The number of hydrogen-bond acceptors (Lipinski definition) is 3. The van der Waals surface area contributed by atoms with Gasteiger partial charge in [-0.05, 0) is 64.5 Å². The maximum Gasteiger partial charge on any atom is 0.264 e. The van der Waals surface area contributed by atoms with Crippen molar-refractivity contribution >= 4 is 33.2 Å². The third kappa shape index (κ3) is 6.32. The molecule has 0 atom stereocenters. The van der Waals surface area contributed by atoms with E-state index in [0.717, 1.165) is 28.7 Å². The molecule has 4 rings (SSSR count). The van der Waals surface area contributed by atoms with Crippen molar-refractivity contribution in [3.8, 4) is 0 Å². The Balaban J connectivity index is 1.60. The van der Waals surface area contributed by atoms with Gasteiger partial charge in [0.05, 0.1) is 4.90 Å². The summed E-state index contributed by atoms with van der Waals surface area (Å²) in [5, 5.41) is 0. The predicted molar refractivity (Wildman–Crippen MR) is 151 cm³/mol. The zero-order valence-corrected chi connectivity index (χ0v) is 21.7. The molecule has 0 saturated heterocycles. The Morgan fingerprint density at radius 3 is 1.86 bits per heavy atom. The number of amides is 1. The minimum atomic E-state index is -3.94. The van der Waals surface area contributed by atoms with E-state index in [4.69, 9.17) is 0 Å². The van der Waals surface area contributed by atoms with Crippen LogP contribution < -0.4 is 4.72 Å². The molecule has 0 spiro atoms. The summed E-state index contributed by atoms with van der Waals surface area (Å²) in [4.78, 5) is 12.5. The van der Waals surface area contributed by atoms with Gasteiger partial charge in [0.15, 0.2) is 0 Å². The van der Waals surface area contributed by atoms with Crippen LogP contribution in [0.15, 0.2) is 120 Å². The topological polar surface area (TPSA) is 63.2 Å². The van der Waals surface area contributed by atoms with Crippen LogP contribution in [0.4, 0.5) is 0 Å². The molecule has 0 heterocycles. The van der Waals surface area contributed by atoms with E-state index < -0.39 is 15.9 Å². The standard InChI is InChI=1S/C32H29NO3S/c1-3-29(26-13-6-4-7-14-26)32(27-15-8-5-9-16-27)28-21-18-25(19-22-28)20-23-31(34)33-37(35,36)30-17-11-10-12-24(30)2/h4-23H,3H2,1-2H3,(H,33,34)/b23-20+,32-29-. The van der Waals surface area contributed by atoms with E-state index in [-0.39, 0.29) is 4.90 Å². The minimum absolute atomic E-state index is 0.0893. The monoisotopic (exact) mass is 507 g/mol. The summed E-state index contributed by atoms with van der Waals surface area (Å²) in [5.74, 6) is -0.699. The van der Waals surface area contributed by atoms with Crippen molar-refractivity contribution in [1.82, 2.24) is 4.72 Å². The maximum atomic E-state index is 12.6. The molecule has 0 aromatic heterocycles. The number of hydrogen-bond donors (Lipinski definition) is 1. The largest absolute Gasteiger partial charge is 0.269 e. The molecule has 0 fully saturated rings. The lowest BCUT2D eigenvalue weighted by Crippen LogP contribution is -2.29. The van der Waals surface area contributed by atoms with Crippen molar-refractivity contribution in [3.63, 3.8) is 0 Å². The van der Waals surface area contributed by atoms with Crippen LogP contribution in [0.1, 0.15) is 41.2 Å². The highest BCUT2D eigenvalue weighted by Gasteiger charge is 2.18. The van der Waals surface area contributed by atoms with Gasteiger partial charge in [-0.1, -0.05) is 110 Å². The molecular weight excluding hydrogens is 478 g/mol. The van der Waals surface area contributed by atoms with Gasteiger partial charge in [0.1, 0.15) is 0 Å². The maximum absolute atomic E-state index is 12.6. The Kier molecular flexibility index (Phi) is 8.16. The highest BCUT2D eigenvalue weighted by molar-refractivity contribution is 7.90. The van der Waals surface area contributed by atoms with E-state index in [2.05, 4.69) is 35.9 Å². The van der Waals surface area contributed by atoms with Crippen molar-refractivity contribution in [1.29, 1.82) is 0 Å². The minimum Gasteiger partial charge on any atom is -0.269 e. The molecule has 4 nitrogen and oxygen atoms in total. The van der Waals surface area contributed by atoms with Gasteiger partial charge in [-0.25, -0.2) is 13.1 Å². The van der Waals surface area contributed by atoms with Gasteiger partial charge in [-0.15, -0.1) is 0 Å². The van der Waals surface area contributed by atoms with Gasteiger partial charge in [-0.3, -0.25) is 4.79 Å². The molecule has 1 amide bonds. The average molecular weight is 508 g/mol. The summed E-state index contributed by atoms with van der Waals surface area (Å²) < 4.78 is 27.2. The number of allylic oxidation sites excluding steroid dienone is 1. The molecule has 1 N–H and O–H groups in total. The molecule has 0 aliphatic carbocycles. The number of carbonyl (C=O) groups is 1. The van der Waals surface area contributed by atoms with E-state index >= 15 is 0 Å². The Morgan fingerprint density at radius 2 is 1.27 bits per heavy atom. The lowest BCUT2D eigenvalue weighted by molar-refractivity contribution is -0.114. The molecule has 0 unspecified atom stereocenters. The molecule has 186 valence electrons. The van der Waals surface area contributed by atoms with Crippen LogP contribution in [0.3, 0.4) is 0 Å². The first-order chi connectivity index (χ1) is 17.9. The summed E-state index contributed by atoms with van der Waals surface area (Å²) in [6, 6.07) is 35.1. The lowest BCUT2D eigenvalue weighted by Gasteiger charge is -2.16. The Hall–Kier alpha value is -4.22. The predicted octanol–water partition coefficient (Wildman–Crippen LogP) is 6.88. The summed E-state index contributed by atoms with van der Waals surface area (Å²) in [6.07, 6.45) is 3.71. The fourth-order valence-electron chi connectivity index (χ4n) is 4.30. The number of rotatable bonds is 8. The van der Waals surface area contributed by atoms with Crippen LogP contribution in [0.25, 0.3) is 17.2 Å². The number of sulfonamides is 1. The van der Waals surface area contributed by atoms with Crippen molar-refractivity contribution in [2.24, 2.45) is 0 Å². The summed E-state index contributed by atoms with van der Waals surface area (Å²) in [5.41, 5.74) is 7.15. The summed E-state index contributed by atoms with van der Waals surface area (Å²) in [7, 11) is -3.94. The number of aryl methyl sites for hydroxylation is 1. The average Bonchev–Trinajstić information content (AvgIpc) is 2.92. The van der Waals surface area contributed by atoms with Gasteiger partial charge in [-0.2, -0.15) is 0 Å². The van der Waals surface area contributed by atoms with Crippen LogP contribution in [0.5, 0.6) is 0 Å². The van der Waals surface area contributed by atoms with Crippen LogP contribution in [0.2, 0.25) is 0 Å². The van der Waals surface area contributed by atoms with E-state index in [9.17, 15) is 13.2 Å². The van der Waals surface area contributed by atoms with Crippen LogP contribution in [0, 0.1) is 6.92 Å². The van der Waals surface area contributed by atoms with E-state index in [1.165, 1.54) is 23.3 Å². The first-order valence-corrected chi connectivity index (χ1v) is 13.6. The van der Waals surface area contributed by atoms with E-state index in [1.807, 2.05) is 60.7 Å². The SMILES string of the molecule is CC/C(=C(\c1ccccc1)c1ccc(/C=C/C(=O)NS(=O)(=O)c2ccccc2C)cc1)c1ccccc1. The lowest BCUT2D eigenvalue weighted by atomic mass is 9.88. The molecule has 0 aliphatic heterocycles. The van der Waals surface area contributed by atoms with Crippen molar-refractivity contribution in [2.75, 3.05) is 0 Å². The molecule has 37 heavy (non-hydrogen) atoms. The molecule has 4 aromatic carbocycles. The third-order valence-corrected chi connectivity index (χ3v) is 7.59. The highest BCUT2D eigenvalue weighted by Crippen LogP contribution is 2.34. The number of benzene rings is 4. The second kappa shape index (κ2) is 11.7. The van der Waals surface area contributed by atoms with Crippen molar-refractivity contribution in [3.05, 3.63) is 143 Å². The van der Waals surface area contributed by atoms with Crippen molar-refractivity contribution in [2.45, 2.75) is 25.2 Å². The fourth-order valence-corrected chi connectivity index (χ4v) is 5.49. The second-order valence-electron chi connectivity index (χ2n) is 8.63. The van der Waals surface area contributed by atoms with Gasteiger partial charge in [0.2, 0.25) is 0 Å². The molecule has 0 aliphatic rings. The Morgan fingerprint density at radius 1 is 0.730 bits per heavy atom. The first-order valence-electron chi connectivity index (χ1n) is 12.1. The van der Waals surface area contributed by atoms with Gasteiger partial charge in [0.25, 0.3) is 15.9 Å². The molecule has 4 aromatic rings. The molecule has 0 radical (unpaired) electrons. The van der Waals surface area contributed by atoms with Gasteiger partial charge >= 0.3 is 0 Å². The van der Waals surface area contributed by atoms with E-state index in [1.54, 1.807) is 31.2 Å². The smallest absolute Gasteiger partial charge is 0.264 e. The van der Waals surface area contributed by atoms with Crippen LogP contribution >= 0.6 is 0 Å². The molecule has 0 saturated carbocycles. The molecule has 5 heteroatoms. The Labute approximate surface area is 219 Å². The molecular formula is C32H29NO3S. The van der Waals surface area contributed by atoms with Gasteiger partial charge in [0, 0.05) is 6.08 Å². The second-order valence-corrected chi connectivity index (χ2v) is 10.3. The zero-order valence-electron chi connectivity index (χ0n) is 20.9. The summed E-state index contributed by atoms with van der Waals surface area (Å²) >= 11 is 0. The van der Waals surface area contributed by atoms with E-state index in [0.29, 0.717) is 5.56 Å². The van der Waals surface area contributed by atoms with Gasteiger partial charge < -0.3 is 0 Å². The normalized spacial score (nSPS) is 12.3. The number of carbonyl (C=O) groups excluding carboxylic acids is 1. The Bertz CT molecular complexity index is 1540. The first kappa shape index (κ1) is 25.9. The van der Waals surface area contributed by atoms with Crippen LogP contribution in [-0.2, 0) is 14.8 Å². The third-order valence-electron chi connectivity index (χ3n) is 6.08. The fraction of sp³-hybridized carbons (Fsp3) is 0.0938. The quantitative estimate of drug-likeness (QED) is 0.209. The van der Waals surface area contributed by atoms with Crippen molar-refractivity contribution < 1.29 is 13.2 Å². The zero-order chi connectivity index (χ0) is 26.3. The highest BCUT2D eigenvalue weighted by atomic mass is 32.2. The molecule has 0 bridgehead atoms. The van der Waals surface area contributed by atoms with Crippen LogP contribution in [-0.4, -0.2) is 14.3 Å². The number of nitrogens with one attached hydrogen (secondary N) is 1.